The topological polar surface area (TPSA) is 59.1 Å². The van der Waals surface area contributed by atoms with Crippen molar-refractivity contribution in [3.8, 4) is 0 Å². The van der Waals surface area contributed by atoms with Crippen LogP contribution < -0.4 is 0 Å². The molecule has 8 heteroatoms. The summed E-state index contributed by atoms with van der Waals surface area (Å²) in [5.41, 5.74) is 1.11. The van der Waals surface area contributed by atoms with E-state index in [1.807, 2.05) is 17.2 Å². The molecule has 120 valence electrons. The van der Waals surface area contributed by atoms with Crippen molar-refractivity contribution in [1.82, 2.24) is 9.80 Å². The van der Waals surface area contributed by atoms with Gasteiger partial charge in [-0.05, 0) is 22.0 Å². The molecule has 1 fully saturated rings. The number of hydrogen-bond acceptors (Lipinski definition) is 6. The standard InChI is InChI=1S/C13H21BrN2O4S/c1-21(17,18)7-4-15-9-12(14)8-13(10-20-11-15)16-2-5-19-6-3-16/h8-9H,2-7,10-11H2,1H3. The first-order chi connectivity index (χ1) is 9.94. The lowest BCUT2D eigenvalue weighted by molar-refractivity contribution is 0.0266. The van der Waals surface area contributed by atoms with E-state index in [0.29, 0.717) is 19.9 Å². The minimum Gasteiger partial charge on any atom is -0.378 e. The van der Waals surface area contributed by atoms with Crippen molar-refractivity contribution in [1.29, 1.82) is 0 Å². The van der Waals surface area contributed by atoms with E-state index in [0.717, 1.165) is 36.5 Å². The molecule has 2 rings (SSSR count). The Labute approximate surface area is 134 Å². The Morgan fingerprint density at radius 1 is 1.29 bits per heavy atom. The monoisotopic (exact) mass is 380 g/mol. The lowest BCUT2D eigenvalue weighted by Crippen LogP contribution is -2.38. The maximum atomic E-state index is 11.2. The Balaban J connectivity index is 2.01. The molecule has 0 amide bonds. The number of rotatable bonds is 4. The Morgan fingerprint density at radius 3 is 2.67 bits per heavy atom. The quantitative estimate of drug-likeness (QED) is 0.717. The molecule has 2 aliphatic heterocycles. The van der Waals surface area contributed by atoms with Gasteiger partial charge in [-0.1, -0.05) is 0 Å². The predicted octanol–water partition coefficient (Wildman–Crippen LogP) is 0.773. The molecule has 0 aromatic carbocycles. The second kappa shape index (κ2) is 7.62. The summed E-state index contributed by atoms with van der Waals surface area (Å²) in [6, 6.07) is 0. The lowest BCUT2D eigenvalue weighted by atomic mass is 10.3. The summed E-state index contributed by atoms with van der Waals surface area (Å²) in [5.74, 6) is 0.118. The number of allylic oxidation sites excluding steroid dienone is 2. The van der Waals surface area contributed by atoms with E-state index in [9.17, 15) is 8.42 Å². The van der Waals surface area contributed by atoms with Crippen molar-refractivity contribution >= 4 is 25.8 Å². The average molecular weight is 381 g/mol. The molecular weight excluding hydrogens is 360 g/mol. The van der Waals surface area contributed by atoms with Crippen LogP contribution in [0, 0.1) is 0 Å². The third-order valence-electron chi connectivity index (χ3n) is 3.28. The molecular formula is C13H21BrN2O4S. The zero-order chi connectivity index (χ0) is 15.3. The summed E-state index contributed by atoms with van der Waals surface area (Å²) >= 11 is 3.52. The van der Waals surface area contributed by atoms with Crippen molar-refractivity contribution < 1.29 is 17.9 Å². The summed E-state index contributed by atoms with van der Waals surface area (Å²) in [4.78, 5) is 4.11. The second-order valence-corrected chi connectivity index (χ2v) is 8.34. The Kier molecular flexibility index (Phi) is 6.09. The van der Waals surface area contributed by atoms with E-state index < -0.39 is 9.84 Å². The fourth-order valence-corrected chi connectivity index (χ4v) is 3.28. The molecule has 0 radical (unpaired) electrons. The summed E-state index contributed by atoms with van der Waals surface area (Å²) in [6.45, 7) is 4.53. The van der Waals surface area contributed by atoms with Gasteiger partial charge in [-0.15, -0.1) is 0 Å². The Bertz CT molecular complexity index is 512. The summed E-state index contributed by atoms with van der Waals surface area (Å²) in [7, 11) is -2.97. The molecule has 0 unspecified atom stereocenters. The van der Waals surface area contributed by atoms with Gasteiger partial charge in [0, 0.05) is 42.3 Å². The van der Waals surface area contributed by atoms with E-state index in [1.54, 1.807) is 0 Å². The van der Waals surface area contributed by atoms with E-state index in [2.05, 4.69) is 20.8 Å². The molecule has 0 aromatic rings. The molecule has 0 aromatic heterocycles. The Hall–Kier alpha value is -0.570. The van der Waals surface area contributed by atoms with Gasteiger partial charge in [0.05, 0.1) is 25.6 Å². The van der Waals surface area contributed by atoms with Gasteiger partial charge in [0.25, 0.3) is 0 Å². The fourth-order valence-electron chi connectivity index (χ4n) is 2.16. The van der Waals surface area contributed by atoms with Gasteiger partial charge in [-0.3, -0.25) is 0 Å². The summed E-state index contributed by atoms with van der Waals surface area (Å²) < 4.78 is 34.4. The molecule has 2 aliphatic rings. The van der Waals surface area contributed by atoms with Gasteiger partial charge in [0.1, 0.15) is 16.6 Å². The van der Waals surface area contributed by atoms with Crippen molar-refractivity contribution in [2.45, 2.75) is 0 Å². The van der Waals surface area contributed by atoms with Crippen molar-refractivity contribution in [2.75, 3.05) is 58.2 Å². The minimum atomic E-state index is -2.97. The lowest BCUT2D eigenvalue weighted by Gasteiger charge is -2.32. The smallest absolute Gasteiger partial charge is 0.149 e. The second-order valence-electron chi connectivity index (χ2n) is 5.17. The van der Waals surface area contributed by atoms with E-state index in [-0.39, 0.29) is 5.75 Å². The molecule has 6 nitrogen and oxygen atoms in total. The van der Waals surface area contributed by atoms with Gasteiger partial charge >= 0.3 is 0 Å². The highest BCUT2D eigenvalue weighted by atomic mass is 79.9. The predicted molar refractivity (Wildman–Crippen MR) is 84.7 cm³/mol. The fraction of sp³-hybridized carbons (Fsp3) is 0.692. The van der Waals surface area contributed by atoms with Gasteiger partial charge in [-0.2, -0.15) is 0 Å². The van der Waals surface area contributed by atoms with E-state index in [1.165, 1.54) is 6.26 Å². The van der Waals surface area contributed by atoms with Gasteiger partial charge < -0.3 is 19.3 Å². The zero-order valence-corrected chi connectivity index (χ0v) is 14.5. The maximum Gasteiger partial charge on any atom is 0.149 e. The molecule has 0 aliphatic carbocycles. The third kappa shape index (κ3) is 5.98. The van der Waals surface area contributed by atoms with Crippen LogP contribution >= 0.6 is 15.9 Å². The first-order valence-corrected chi connectivity index (χ1v) is 9.69. The molecule has 1 saturated heterocycles. The van der Waals surface area contributed by atoms with Crippen molar-refractivity contribution in [3.05, 3.63) is 22.5 Å². The van der Waals surface area contributed by atoms with E-state index >= 15 is 0 Å². The average Bonchev–Trinajstić information content (AvgIpc) is 2.41. The first kappa shape index (κ1) is 16.8. The highest BCUT2D eigenvalue weighted by Gasteiger charge is 2.16. The van der Waals surface area contributed by atoms with Crippen LogP contribution in [0.5, 0.6) is 0 Å². The molecule has 21 heavy (non-hydrogen) atoms. The molecule has 0 atom stereocenters. The van der Waals surface area contributed by atoms with Crippen molar-refractivity contribution in [2.24, 2.45) is 0 Å². The highest BCUT2D eigenvalue weighted by Crippen LogP contribution is 2.18. The number of hydrogen-bond donors (Lipinski definition) is 0. The first-order valence-electron chi connectivity index (χ1n) is 6.84. The van der Waals surface area contributed by atoms with Crippen LogP contribution in [0.3, 0.4) is 0 Å². The largest absolute Gasteiger partial charge is 0.378 e. The van der Waals surface area contributed by atoms with E-state index in [4.69, 9.17) is 9.47 Å². The van der Waals surface area contributed by atoms with Crippen molar-refractivity contribution in [3.63, 3.8) is 0 Å². The summed E-state index contributed by atoms with van der Waals surface area (Å²) in [6.07, 6.45) is 5.15. The third-order valence-corrected chi connectivity index (χ3v) is 4.64. The SMILES string of the molecule is CS(=O)(=O)CCN1C=C(Br)C=C(N2CCOCC2)COC1. The molecule has 0 spiro atoms. The van der Waals surface area contributed by atoms with Crippen LogP contribution in [-0.4, -0.2) is 76.4 Å². The summed E-state index contributed by atoms with van der Waals surface area (Å²) in [5, 5.41) is 0. The van der Waals surface area contributed by atoms with Crippen LogP contribution in [0.15, 0.2) is 22.5 Å². The van der Waals surface area contributed by atoms with Crippen LogP contribution in [0.4, 0.5) is 0 Å². The number of morpholine rings is 1. The maximum absolute atomic E-state index is 11.2. The van der Waals surface area contributed by atoms with Crippen LogP contribution in [0.1, 0.15) is 0 Å². The number of nitrogens with zero attached hydrogens (tertiary/aromatic N) is 2. The van der Waals surface area contributed by atoms with Crippen LogP contribution in [0.2, 0.25) is 0 Å². The molecule has 0 bridgehead atoms. The Morgan fingerprint density at radius 2 is 2.00 bits per heavy atom. The van der Waals surface area contributed by atoms with Gasteiger partial charge in [0.2, 0.25) is 0 Å². The normalized spacial score (nSPS) is 21.4. The van der Waals surface area contributed by atoms with Crippen LogP contribution in [0.25, 0.3) is 0 Å². The van der Waals surface area contributed by atoms with Gasteiger partial charge in [0.15, 0.2) is 0 Å². The van der Waals surface area contributed by atoms with Gasteiger partial charge in [-0.25, -0.2) is 8.42 Å². The number of sulfone groups is 1. The number of ether oxygens (including phenoxy) is 2. The molecule has 2 heterocycles. The van der Waals surface area contributed by atoms with Crippen LogP contribution in [-0.2, 0) is 19.3 Å². The molecule has 0 N–H and O–H groups in total. The minimum absolute atomic E-state index is 0.118. The highest BCUT2D eigenvalue weighted by molar-refractivity contribution is 9.11. The number of halogens is 1. The zero-order valence-electron chi connectivity index (χ0n) is 12.1. The molecule has 0 saturated carbocycles.